The van der Waals surface area contributed by atoms with Crippen LogP contribution in [0.15, 0.2) is 33.6 Å². The fourth-order valence-electron chi connectivity index (χ4n) is 2.30. The van der Waals surface area contributed by atoms with Crippen molar-refractivity contribution < 1.29 is 13.6 Å². The Labute approximate surface area is 123 Å². The molecule has 0 fully saturated rings. The van der Waals surface area contributed by atoms with Gasteiger partial charge in [0.15, 0.2) is 0 Å². The Morgan fingerprint density at radius 1 is 1.50 bits per heavy atom. The van der Waals surface area contributed by atoms with E-state index in [-0.39, 0.29) is 24.0 Å². The van der Waals surface area contributed by atoms with Gasteiger partial charge >= 0.3 is 5.76 Å². The molecule has 0 saturated heterocycles. The van der Waals surface area contributed by atoms with E-state index in [1.54, 1.807) is 25.3 Å². The van der Waals surface area contributed by atoms with E-state index in [1.165, 1.54) is 6.07 Å². The van der Waals surface area contributed by atoms with Crippen molar-refractivity contribution in [3.8, 4) is 0 Å². The highest BCUT2D eigenvalue weighted by atomic mass is 19.1. The average molecular weight is 304 g/mol. The summed E-state index contributed by atoms with van der Waals surface area (Å²) in [6, 6.07) is 4.11. The van der Waals surface area contributed by atoms with E-state index in [0.717, 1.165) is 0 Å². The number of carbonyl (C=O) groups is 1. The molecule has 0 spiro atoms. The van der Waals surface area contributed by atoms with Crippen molar-refractivity contribution in [3.63, 3.8) is 0 Å². The van der Waals surface area contributed by atoms with Crippen LogP contribution in [0.2, 0.25) is 0 Å². The first-order valence-electron chi connectivity index (χ1n) is 6.64. The van der Waals surface area contributed by atoms with Crippen LogP contribution < -0.4 is 11.1 Å². The van der Waals surface area contributed by atoms with Crippen molar-refractivity contribution in [2.45, 2.75) is 19.4 Å². The Bertz CT molecular complexity index is 879. The maximum Gasteiger partial charge on any atom is 0.434 e. The van der Waals surface area contributed by atoms with E-state index in [1.807, 2.05) is 0 Å². The van der Waals surface area contributed by atoms with Crippen LogP contribution in [-0.2, 0) is 11.2 Å². The van der Waals surface area contributed by atoms with Crippen molar-refractivity contribution in [1.29, 1.82) is 0 Å². The summed E-state index contributed by atoms with van der Waals surface area (Å²) in [5.41, 5.74) is 1.19. The molecule has 1 atom stereocenters. The molecule has 8 heteroatoms. The Kier molecular flexibility index (Phi) is 3.50. The van der Waals surface area contributed by atoms with Gasteiger partial charge in [0.25, 0.3) is 0 Å². The number of fused-ring (bicyclic) bond motifs is 1. The molecule has 0 unspecified atom stereocenters. The summed E-state index contributed by atoms with van der Waals surface area (Å²) in [6.45, 7) is 1.63. The molecule has 3 aromatic rings. The van der Waals surface area contributed by atoms with E-state index in [0.29, 0.717) is 16.5 Å². The molecule has 1 aromatic carbocycles. The van der Waals surface area contributed by atoms with Gasteiger partial charge in [-0.15, -0.1) is 5.10 Å². The summed E-state index contributed by atoms with van der Waals surface area (Å²) in [5.74, 6) is -1.31. The van der Waals surface area contributed by atoms with Gasteiger partial charge in [-0.25, -0.2) is 14.3 Å². The predicted molar refractivity (Wildman–Crippen MR) is 75.6 cm³/mol. The lowest BCUT2D eigenvalue weighted by atomic mass is 10.1. The lowest BCUT2D eigenvalue weighted by Gasteiger charge is -2.09. The molecular weight excluding hydrogens is 291 g/mol. The smallest absolute Gasteiger partial charge is 0.390 e. The van der Waals surface area contributed by atoms with Crippen LogP contribution in [0.4, 0.5) is 4.39 Å². The SMILES string of the molecule is C[C@@H](NC(=O)Cc1c[nH]c2cccc(F)c12)c1n[nH]c(=O)o1. The lowest BCUT2D eigenvalue weighted by Crippen LogP contribution is -2.28. The third-order valence-electron chi connectivity index (χ3n) is 3.29. The summed E-state index contributed by atoms with van der Waals surface area (Å²) in [5, 5.41) is 8.81. The third kappa shape index (κ3) is 2.62. The van der Waals surface area contributed by atoms with E-state index in [2.05, 4.69) is 20.5 Å². The number of aromatic nitrogens is 3. The van der Waals surface area contributed by atoms with Gasteiger partial charge in [0.2, 0.25) is 11.8 Å². The molecule has 0 aliphatic rings. The minimum absolute atomic E-state index is 0.0000711. The van der Waals surface area contributed by atoms with Gasteiger partial charge in [0.05, 0.1) is 6.42 Å². The number of rotatable bonds is 4. The Balaban J connectivity index is 1.75. The molecule has 3 N–H and O–H groups in total. The van der Waals surface area contributed by atoms with Gasteiger partial charge in [-0.05, 0) is 24.6 Å². The normalized spacial score (nSPS) is 12.5. The van der Waals surface area contributed by atoms with Crippen molar-refractivity contribution >= 4 is 16.8 Å². The van der Waals surface area contributed by atoms with Crippen LogP contribution >= 0.6 is 0 Å². The molecular formula is C14H13FN4O3. The summed E-state index contributed by atoms with van der Waals surface area (Å²) >= 11 is 0. The number of hydrogen-bond donors (Lipinski definition) is 3. The Hall–Kier alpha value is -2.90. The molecule has 22 heavy (non-hydrogen) atoms. The molecule has 2 aromatic heterocycles. The number of aromatic amines is 2. The number of nitrogens with zero attached hydrogens (tertiary/aromatic N) is 1. The maximum absolute atomic E-state index is 13.8. The number of H-pyrrole nitrogens is 2. The van der Waals surface area contributed by atoms with Crippen LogP contribution in [0, 0.1) is 5.82 Å². The summed E-state index contributed by atoms with van der Waals surface area (Å²) < 4.78 is 18.6. The van der Waals surface area contributed by atoms with Gasteiger partial charge in [-0.3, -0.25) is 4.79 Å². The third-order valence-corrected chi connectivity index (χ3v) is 3.29. The second-order valence-electron chi connectivity index (χ2n) is 4.89. The van der Waals surface area contributed by atoms with Gasteiger partial charge in [-0.1, -0.05) is 6.07 Å². The fraction of sp³-hybridized carbons (Fsp3) is 0.214. The number of halogens is 1. The highest BCUT2D eigenvalue weighted by Gasteiger charge is 2.17. The molecule has 0 bridgehead atoms. The maximum atomic E-state index is 13.8. The van der Waals surface area contributed by atoms with E-state index in [4.69, 9.17) is 4.42 Å². The zero-order valence-electron chi connectivity index (χ0n) is 11.6. The fourth-order valence-corrected chi connectivity index (χ4v) is 2.30. The van der Waals surface area contributed by atoms with Crippen LogP contribution in [0.3, 0.4) is 0 Å². The number of hydrogen-bond acceptors (Lipinski definition) is 4. The molecule has 7 nitrogen and oxygen atoms in total. The molecule has 0 radical (unpaired) electrons. The molecule has 3 rings (SSSR count). The van der Waals surface area contributed by atoms with Crippen LogP contribution in [0.5, 0.6) is 0 Å². The largest absolute Gasteiger partial charge is 0.434 e. The minimum atomic E-state index is -0.685. The second-order valence-corrected chi connectivity index (χ2v) is 4.89. The van der Waals surface area contributed by atoms with Crippen molar-refractivity contribution in [2.75, 3.05) is 0 Å². The number of carbonyl (C=O) groups excluding carboxylic acids is 1. The zero-order valence-corrected chi connectivity index (χ0v) is 11.6. The minimum Gasteiger partial charge on any atom is -0.390 e. The predicted octanol–water partition coefficient (Wildman–Crippen LogP) is 1.40. The van der Waals surface area contributed by atoms with Crippen molar-refractivity contribution in [1.82, 2.24) is 20.5 Å². The van der Waals surface area contributed by atoms with Crippen molar-refractivity contribution in [3.05, 3.63) is 52.2 Å². The number of nitrogens with one attached hydrogen (secondary N) is 3. The van der Waals surface area contributed by atoms with E-state index < -0.39 is 11.8 Å². The second kappa shape index (κ2) is 5.47. The first-order chi connectivity index (χ1) is 10.5. The average Bonchev–Trinajstić information content (AvgIpc) is 3.06. The van der Waals surface area contributed by atoms with Gasteiger partial charge < -0.3 is 14.7 Å². The summed E-state index contributed by atoms with van der Waals surface area (Å²) in [7, 11) is 0. The summed E-state index contributed by atoms with van der Waals surface area (Å²) in [6.07, 6.45) is 1.60. The number of amides is 1. The van der Waals surface area contributed by atoms with E-state index >= 15 is 0 Å². The first-order valence-corrected chi connectivity index (χ1v) is 6.64. The molecule has 114 valence electrons. The summed E-state index contributed by atoms with van der Waals surface area (Å²) in [4.78, 5) is 25.9. The lowest BCUT2D eigenvalue weighted by molar-refractivity contribution is -0.121. The quantitative estimate of drug-likeness (QED) is 0.677. The molecule has 0 aliphatic carbocycles. The van der Waals surface area contributed by atoms with Crippen molar-refractivity contribution in [2.24, 2.45) is 0 Å². The molecule has 0 aliphatic heterocycles. The molecule has 1 amide bonds. The van der Waals surface area contributed by atoms with E-state index in [9.17, 15) is 14.0 Å². The van der Waals surface area contributed by atoms with Crippen LogP contribution in [0.1, 0.15) is 24.4 Å². The highest BCUT2D eigenvalue weighted by Crippen LogP contribution is 2.22. The van der Waals surface area contributed by atoms with Crippen LogP contribution in [-0.4, -0.2) is 21.1 Å². The van der Waals surface area contributed by atoms with Gasteiger partial charge in [0.1, 0.15) is 11.9 Å². The van der Waals surface area contributed by atoms with Crippen LogP contribution in [0.25, 0.3) is 10.9 Å². The molecule has 2 heterocycles. The Morgan fingerprint density at radius 2 is 2.32 bits per heavy atom. The number of benzene rings is 1. The standard InChI is InChI=1S/C14H13FN4O3/c1-7(13-18-19-14(21)22-13)17-11(20)5-8-6-16-10-4-2-3-9(15)12(8)10/h2-4,6-7,16H,5H2,1H3,(H,17,20)(H,19,21)/t7-/m1/s1. The first kappa shape index (κ1) is 14.1. The molecule has 0 saturated carbocycles. The van der Waals surface area contributed by atoms with Gasteiger partial charge in [0, 0.05) is 17.1 Å². The monoisotopic (exact) mass is 304 g/mol. The van der Waals surface area contributed by atoms with Gasteiger partial charge in [-0.2, -0.15) is 0 Å². The topological polar surface area (TPSA) is 104 Å². The highest BCUT2D eigenvalue weighted by molar-refractivity contribution is 5.89. The Morgan fingerprint density at radius 3 is 3.05 bits per heavy atom. The zero-order chi connectivity index (χ0) is 15.7.